The number of rotatable bonds is 10. The van der Waals surface area contributed by atoms with E-state index in [4.69, 9.17) is 0 Å². The molecule has 0 aromatic heterocycles. The summed E-state index contributed by atoms with van der Waals surface area (Å²) in [6.45, 7) is 5.31. The Morgan fingerprint density at radius 1 is 0.595 bits per heavy atom. The van der Waals surface area contributed by atoms with E-state index in [-0.39, 0.29) is 0 Å². The van der Waals surface area contributed by atoms with Crippen LogP contribution in [0.5, 0.6) is 0 Å². The van der Waals surface area contributed by atoms with Crippen molar-refractivity contribution < 1.29 is 0 Å². The van der Waals surface area contributed by atoms with Gasteiger partial charge in [0.05, 0.1) is 0 Å². The molecule has 7 atom stereocenters. The second-order valence-corrected chi connectivity index (χ2v) is 17.5. The molecule has 6 fully saturated rings. The maximum atomic E-state index is 2.97. The Morgan fingerprint density at radius 3 is 1.76 bits per heavy atom. The van der Waals surface area contributed by atoms with Crippen LogP contribution in [0, 0.1) is 65.1 Å². The van der Waals surface area contributed by atoms with Crippen molar-refractivity contribution in [2.75, 3.05) is 0 Å². The number of fused-ring (bicyclic) bond motifs is 1. The first-order chi connectivity index (χ1) is 20.7. The van der Waals surface area contributed by atoms with Crippen LogP contribution in [0.3, 0.4) is 0 Å². The van der Waals surface area contributed by atoms with Gasteiger partial charge in [-0.15, -0.1) is 0 Å². The Morgan fingerprint density at radius 2 is 1.12 bits per heavy atom. The lowest BCUT2D eigenvalue weighted by Crippen LogP contribution is -2.34. The molecule has 0 heteroatoms. The van der Waals surface area contributed by atoms with Gasteiger partial charge in [-0.05, 0) is 123 Å². The largest absolute Gasteiger partial charge is 0.0819 e. The fourth-order valence-corrected chi connectivity index (χ4v) is 12.7. The van der Waals surface area contributed by atoms with Gasteiger partial charge >= 0.3 is 0 Å². The third-order valence-electron chi connectivity index (χ3n) is 15.1. The van der Waals surface area contributed by atoms with Crippen molar-refractivity contribution in [1.29, 1.82) is 0 Å². The molecule has 240 valence electrons. The van der Waals surface area contributed by atoms with Gasteiger partial charge in [-0.2, -0.15) is 0 Å². The summed E-state index contributed by atoms with van der Waals surface area (Å²) in [5.41, 5.74) is 1.83. The van der Waals surface area contributed by atoms with Gasteiger partial charge in [0, 0.05) is 0 Å². The van der Waals surface area contributed by atoms with E-state index in [1.54, 1.807) is 70.6 Å². The summed E-state index contributed by atoms with van der Waals surface area (Å²) in [4.78, 5) is 0. The van der Waals surface area contributed by atoms with E-state index in [0.29, 0.717) is 0 Å². The molecule has 0 radical (unpaired) electrons. The number of hydrogen-bond acceptors (Lipinski definition) is 0. The van der Waals surface area contributed by atoms with Gasteiger partial charge in [0.25, 0.3) is 0 Å². The minimum absolute atomic E-state index is 0.892. The van der Waals surface area contributed by atoms with Crippen molar-refractivity contribution in [3.63, 3.8) is 0 Å². The summed E-state index contributed by atoms with van der Waals surface area (Å²) in [5.74, 6) is 11.2. The average Bonchev–Trinajstić information content (AvgIpc) is 3.42. The second-order valence-electron chi connectivity index (χ2n) is 17.5. The molecule has 0 bridgehead atoms. The summed E-state index contributed by atoms with van der Waals surface area (Å²) in [5, 5.41) is 0. The maximum Gasteiger partial charge on any atom is -0.0200 e. The molecule has 0 heterocycles. The van der Waals surface area contributed by atoms with Gasteiger partial charge in [-0.3, -0.25) is 0 Å². The van der Waals surface area contributed by atoms with Crippen LogP contribution in [0.4, 0.5) is 0 Å². The molecule has 6 saturated carbocycles. The molecule has 0 amide bonds. The van der Waals surface area contributed by atoms with Gasteiger partial charge in [-0.25, -0.2) is 0 Å². The molecule has 42 heavy (non-hydrogen) atoms. The van der Waals surface area contributed by atoms with Crippen LogP contribution in [0.15, 0.2) is 11.6 Å². The third-order valence-corrected chi connectivity index (χ3v) is 15.1. The van der Waals surface area contributed by atoms with E-state index < -0.39 is 0 Å². The van der Waals surface area contributed by atoms with Crippen LogP contribution < -0.4 is 0 Å². The van der Waals surface area contributed by atoms with Crippen molar-refractivity contribution >= 4 is 0 Å². The van der Waals surface area contributed by atoms with Crippen LogP contribution in [0.25, 0.3) is 0 Å². The third kappa shape index (κ3) is 7.93. The zero-order chi connectivity index (χ0) is 28.7. The summed E-state index contributed by atoms with van der Waals surface area (Å²) < 4.78 is 0. The van der Waals surface area contributed by atoms with E-state index >= 15 is 0 Å². The van der Waals surface area contributed by atoms with Gasteiger partial charge in [0.1, 0.15) is 0 Å². The lowest BCUT2D eigenvalue weighted by molar-refractivity contribution is 0.0777. The molecule has 6 rings (SSSR count). The van der Waals surface area contributed by atoms with E-state index in [2.05, 4.69) is 19.9 Å². The normalized spacial score (nSPS) is 35.5. The van der Waals surface area contributed by atoms with E-state index in [1.807, 2.05) is 5.57 Å². The smallest absolute Gasteiger partial charge is 0.0200 e. The minimum Gasteiger partial charge on any atom is -0.0819 e. The van der Waals surface area contributed by atoms with E-state index in [0.717, 1.165) is 65.1 Å². The summed E-state index contributed by atoms with van der Waals surface area (Å²) >= 11 is 0. The molecule has 0 N–H and O–H groups in total. The first kappa shape index (κ1) is 31.7. The minimum atomic E-state index is 0.892. The predicted molar refractivity (Wildman–Crippen MR) is 182 cm³/mol. The SMILES string of the molecule is CC(=CC(CC1C2CCCCC2CC1C(CC(C)C1CCCCC1)C1CCCCC1)C1CCCCC1)C1CCCCC1. The summed E-state index contributed by atoms with van der Waals surface area (Å²) in [6, 6.07) is 0. The topological polar surface area (TPSA) is 0 Å². The van der Waals surface area contributed by atoms with Crippen LogP contribution in [0.2, 0.25) is 0 Å². The molecular weight excluding hydrogens is 504 g/mol. The van der Waals surface area contributed by atoms with Crippen molar-refractivity contribution in [3.8, 4) is 0 Å². The monoisotopic (exact) mass is 577 g/mol. The van der Waals surface area contributed by atoms with E-state index in [9.17, 15) is 0 Å². The van der Waals surface area contributed by atoms with Crippen LogP contribution in [-0.4, -0.2) is 0 Å². The molecule has 0 aromatic rings. The average molecular weight is 577 g/mol. The van der Waals surface area contributed by atoms with E-state index in [1.165, 1.54) is 103 Å². The Labute approximate surface area is 263 Å². The molecule has 6 aliphatic rings. The predicted octanol–water partition coefficient (Wildman–Crippen LogP) is 13.3. The lowest BCUT2D eigenvalue weighted by atomic mass is 9.63. The van der Waals surface area contributed by atoms with Crippen LogP contribution in [0.1, 0.15) is 187 Å². The van der Waals surface area contributed by atoms with Gasteiger partial charge in [0.2, 0.25) is 0 Å². The number of allylic oxidation sites excluding steroid dienone is 2. The molecule has 0 aliphatic heterocycles. The highest BCUT2D eigenvalue weighted by Gasteiger charge is 2.49. The van der Waals surface area contributed by atoms with Crippen molar-refractivity contribution in [1.82, 2.24) is 0 Å². The van der Waals surface area contributed by atoms with Crippen LogP contribution >= 0.6 is 0 Å². The first-order valence-corrected chi connectivity index (χ1v) is 20.4. The van der Waals surface area contributed by atoms with Crippen molar-refractivity contribution in [2.45, 2.75) is 187 Å². The van der Waals surface area contributed by atoms with Gasteiger partial charge < -0.3 is 0 Å². The highest BCUT2D eigenvalue weighted by atomic mass is 14.5. The zero-order valence-electron chi connectivity index (χ0n) is 28.5. The fraction of sp³-hybridized carbons (Fsp3) is 0.952. The summed E-state index contributed by atoms with van der Waals surface area (Å²) in [7, 11) is 0. The molecule has 0 spiro atoms. The van der Waals surface area contributed by atoms with Crippen molar-refractivity contribution in [2.24, 2.45) is 65.1 Å². The molecule has 0 saturated heterocycles. The molecule has 6 aliphatic carbocycles. The van der Waals surface area contributed by atoms with Crippen LogP contribution in [-0.2, 0) is 0 Å². The lowest BCUT2D eigenvalue weighted by Gasteiger charge is -2.42. The molecular formula is C42H72. The maximum absolute atomic E-state index is 2.97. The van der Waals surface area contributed by atoms with Crippen molar-refractivity contribution in [3.05, 3.63) is 11.6 Å². The second kappa shape index (κ2) is 15.8. The fourth-order valence-electron chi connectivity index (χ4n) is 12.7. The van der Waals surface area contributed by atoms with Gasteiger partial charge in [0.15, 0.2) is 0 Å². The number of hydrogen-bond donors (Lipinski definition) is 0. The highest BCUT2D eigenvalue weighted by Crippen LogP contribution is 2.58. The summed E-state index contributed by atoms with van der Waals surface area (Å²) in [6.07, 6.45) is 44.5. The zero-order valence-corrected chi connectivity index (χ0v) is 28.5. The Balaban J connectivity index is 1.27. The standard InChI is InChI=1S/C42H72/c1-31(33-17-7-3-8-18-33)27-38(35-21-11-5-12-22-35)30-41-39-26-16-15-25-37(39)29-42(41)40(36-23-13-6-14-24-36)28-32(2)34-19-9-4-10-20-34/h27,32-42H,3-26,28-30H2,1-2H3. The molecule has 7 unspecified atom stereocenters. The highest BCUT2D eigenvalue weighted by molar-refractivity contribution is 5.09. The first-order valence-electron chi connectivity index (χ1n) is 20.4. The molecule has 0 nitrogen and oxygen atoms in total. The quantitative estimate of drug-likeness (QED) is 0.227. The Kier molecular flexibility index (Phi) is 12.0. The Hall–Kier alpha value is -0.260. The molecule has 0 aromatic carbocycles. The Bertz CT molecular complexity index is 798. The van der Waals surface area contributed by atoms with Gasteiger partial charge in [-0.1, -0.05) is 141 Å².